The Labute approximate surface area is 438 Å². The summed E-state index contributed by atoms with van der Waals surface area (Å²) < 4.78 is 35.3. The van der Waals surface area contributed by atoms with Crippen molar-refractivity contribution in [2.24, 2.45) is 0 Å². The van der Waals surface area contributed by atoms with E-state index in [1.165, 1.54) is 128 Å². The molecule has 0 saturated heterocycles. The van der Waals surface area contributed by atoms with Gasteiger partial charge in [-0.2, -0.15) is 0 Å². The molecule has 0 rings (SSSR count). The summed E-state index contributed by atoms with van der Waals surface area (Å²) in [5.41, 5.74) is 0. The Hall–Kier alpha value is -2.58. The molecule has 2 unspecified atom stereocenters. The van der Waals surface area contributed by atoms with Gasteiger partial charge in [0.2, 0.25) is 0 Å². The molecular formula is C62H111NO7P+. The Bertz CT molecular complexity index is 1460. The number of phosphoric acid groups is 1. The van der Waals surface area contributed by atoms with E-state index in [-0.39, 0.29) is 25.8 Å². The van der Waals surface area contributed by atoms with Gasteiger partial charge in [-0.05, 0) is 96.3 Å². The van der Waals surface area contributed by atoms with Crippen molar-refractivity contribution in [3.05, 3.63) is 97.2 Å². The number of phosphoric ester groups is 1. The average Bonchev–Trinajstić information content (AvgIpc) is 3.33. The zero-order valence-corrected chi connectivity index (χ0v) is 47.6. The molecule has 410 valence electrons. The van der Waals surface area contributed by atoms with Crippen molar-refractivity contribution in [1.29, 1.82) is 0 Å². The van der Waals surface area contributed by atoms with Crippen LogP contribution in [0.15, 0.2) is 97.2 Å². The summed E-state index contributed by atoms with van der Waals surface area (Å²) in [6.45, 7) is 5.48. The molecule has 0 aromatic rings. The van der Waals surface area contributed by atoms with Crippen molar-refractivity contribution in [2.45, 2.75) is 238 Å². The van der Waals surface area contributed by atoms with Gasteiger partial charge in [-0.1, -0.05) is 227 Å². The van der Waals surface area contributed by atoms with Crippen LogP contribution in [0.1, 0.15) is 232 Å². The summed E-state index contributed by atoms with van der Waals surface area (Å²) in [6.07, 6.45) is 74.7. The molecule has 0 heterocycles. The Morgan fingerprint density at radius 2 is 0.817 bits per heavy atom. The minimum Gasteiger partial charge on any atom is -0.457 e. The van der Waals surface area contributed by atoms with Crippen LogP contribution < -0.4 is 0 Å². The van der Waals surface area contributed by atoms with Crippen molar-refractivity contribution in [3.63, 3.8) is 0 Å². The number of esters is 1. The van der Waals surface area contributed by atoms with Gasteiger partial charge in [0.25, 0.3) is 0 Å². The molecule has 0 bridgehead atoms. The van der Waals surface area contributed by atoms with Crippen molar-refractivity contribution >= 4 is 13.8 Å². The van der Waals surface area contributed by atoms with E-state index in [1.54, 1.807) is 0 Å². The zero-order chi connectivity index (χ0) is 51.9. The fourth-order valence-corrected chi connectivity index (χ4v) is 8.45. The van der Waals surface area contributed by atoms with E-state index in [2.05, 4.69) is 111 Å². The van der Waals surface area contributed by atoms with Crippen LogP contribution in [0.4, 0.5) is 0 Å². The minimum atomic E-state index is -4.30. The smallest absolute Gasteiger partial charge is 0.457 e. The van der Waals surface area contributed by atoms with Crippen LogP contribution >= 0.6 is 7.82 Å². The number of hydrogen-bond acceptors (Lipinski definition) is 6. The highest BCUT2D eigenvalue weighted by Gasteiger charge is 2.26. The van der Waals surface area contributed by atoms with Gasteiger partial charge < -0.3 is 18.9 Å². The van der Waals surface area contributed by atoms with Crippen LogP contribution in [0.3, 0.4) is 0 Å². The lowest BCUT2D eigenvalue weighted by Gasteiger charge is -2.24. The van der Waals surface area contributed by atoms with Crippen LogP contribution in [0, 0.1) is 0 Å². The summed E-state index contributed by atoms with van der Waals surface area (Å²) in [6, 6.07) is 0. The van der Waals surface area contributed by atoms with Crippen molar-refractivity contribution in [3.8, 4) is 0 Å². The lowest BCUT2D eigenvalue weighted by Crippen LogP contribution is -2.37. The Balaban J connectivity index is 4.13. The maximum atomic E-state index is 12.8. The molecule has 1 N–H and O–H groups in total. The van der Waals surface area contributed by atoms with E-state index in [4.69, 9.17) is 18.5 Å². The predicted molar refractivity (Wildman–Crippen MR) is 307 cm³/mol. The van der Waals surface area contributed by atoms with Crippen LogP contribution in [-0.2, 0) is 27.9 Å². The molecule has 0 amide bonds. The average molecular weight is 1010 g/mol. The largest absolute Gasteiger partial charge is 0.472 e. The molecule has 0 radical (unpaired) electrons. The second-order valence-electron chi connectivity index (χ2n) is 20.3. The fraction of sp³-hybridized carbons (Fsp3) is 0.726. The molecule has 0 aliphatic rings. The second kappa shape index (κ2) is 53.7. The number of rotatable bonds is 53. The third kappa shape index (κ3) is 58.2. The van der Waals surface area contributed by atoms with E-state index >= 15 is 0 Å². The van der Waals surface area contributed by atoms with Gasteiger partial charge >= 0.3 is 13.8 Å². The number of carbonyl (C=O) groups is 1. The van der Waals surface area contributed by atoms with E-state index in [9.17, 15) is 14.3 Å². The monoisotopic (exact) mass is 1010 g/mol. The van der Waals surface area contributed by atoms with E-state index in [0.29, 0.717) is 24.1 Å². The van der Waals surface area contributed by atoms with E-state index in [1.807, 2.05) is 21.1 Å². The molecule has 0 aromatic carbocycles. The summed E-state index contributed by atoms with van der Waals surface area (Å²) in [7, 11) is 1.65. The lowest BCUT2D eigenvalue weighted by atomic mass is 10.1. The van der Waals surface area contributed by atoms with Crippen LogP contribution in [0.25, 0.3) is 0 Å². The summed E-state index contributed by atoms with van der Waals surface area (Å²) in [5, 5.41) is 0. The van der Waals surface area contributed by atoms with Crippen LogP contribution in [0.2, 0.25) is 0 Å². The van der Waals surface area contributed by atoms with Crippen molar-refractivity contribution in [1.82, 2.24) is 0 Å². The third-order valence-electron chi connectivity index (χ3n) is 12.1. The van der Waals surface area contributed by atoms with E-state index < -0.39 is 13.9 Å². The standard InChI is InChI=1S/C62H110NO7P/c1-6-8-10-12-14-16-18-20-22-24-26-28-30-31-32-34-36-38-40-42-44-46-48-50-52-54-57-67-59-61(60-69-71(65,66)68-58-56-63(3,4)5)70-62(64)55-53-51-49-47-45-43-41-39-37-35-33-29-27-25-23-21-19-17-15-13-11-9-7-2/h9,11,15,17-18,20-21,23-24,26-27,29-31,35,37,61H,6-8,10,12-14,16,19,22,25,28,32-34,36,38-60H2,1-5H3/p+1/b11-9-,17-15-,20-18-,23-21-,26-24-,29-27-,31-30-,37-35-. The maximum absolute atomic E-state index is 12.8. The number of unbranched alkanes of at least 4 members (excludes halogenated alkanes) is 23. The second-order valence-corrected chi connectivity index (χ2v) is 21.7. The number of ether oxygens (including phenoxy) is 2. The molecular weight excluding hydrogens is 902 g/mol. The highest BCUT2D eigenvalue weighted by atomic mass is 31.2. The molecule has 2 atom stereocenters. The van der Waals surface area contributed by atoms with Crippen molar-refractivity contribution < 1.29 is 37.3 Å². The molecule has 0 aromatic heterocycles. The SMILES string of the molecule is CC/C=C\C/C=C\C/C=C\C/C=C\C/C=C\CCCCCCCCCC(=O)OC(COCCCCCCCCCCCCC/C=C\C/C=C\C/C=C\CCCCCCC)COP(=O)(O)OCC[N+](C)(C)C. The molecule has 9 heteroatoms. The van der Waals surface area contributed by atoms with Gasteiger partial charge in [0, 0.05) is 13.0 Å². The van der Waals surface area contributed by atoms with Gasteiger partial charge in [-0.3, -0.25) is 13.8 Å². The maximum Gasteiger partial charge on any atom is 0.472 e. The van der Waals surface area contributed by atoms with Gasteiger partial charge in [0.1, 0.15) is 19.3 Å². The molecule has 8 nitrogen and oxygen atoms in total. The highest BCUT2D eigenvalue weighted by Crippen LogP contribution is 2.43. The molecule has 0 fully saturated rings. The summed E-state index contributed by atoms with van der Waals surface area (Å²) in [5.74, 6) is -0.327. The molecule has 0 saturated carbocycles. The molecule has 0 spiro atoms. The predicted octanol–water partition coefficient (Wildman–Crippen LogP) is 18.5. The Morgan fingerprint density at radius 1 is 0.451 bits per heavy atom. The number of nitrogens with zero attached hydrogens (tertiary/aromatic N) is 1. The van der Waals surface area contributed by atoms with Gasteiger partial charge in [0.15, 0.2) is 0 Å². The number of allylic oxidation sites excluding steroid dienone is 16. The summed E-state index contributed by atoms with van der Waals surface area (Å²) >= 11 is 0. The first kappa shape index (κ1) is 68.4. The van der Waals surface area contributed by atoms with E-state index in [0.717, 1.165) is 83.5 Å². The molecule has 0 aliphatic heterocycles. The summed E-state index contributed by atoms with van der Waals surface area (Å²) in [4.78, 5) is 23.1. The first-order chi connectivity index (χ1) is 34.6. The van der Waals surface area contributed by atoms with Crippen LogP contribution in [0.5, 0.6) is 0 Å². The molecule has 0 aliphatic carbocycles. The minimum absolute atomic E-state index is 0.0807. The van der Waals surface area contributed by atoms with Gasteiger partial charge in [-0.25, -0.2) is 4.57 Å². The number of quaternary nitrogens is 1. The number of hydrogen-bond donors (Lipinski definition) is 1. The third-order valence-corrected chi connectivity index (χ3v) is 13.1. The normalized spacial score (nSPS) is 14.2. The Kier molecular flexibility index (Phi) is 51.8. The number of likely N-dealkylation sites (N-methyl/N-ethyl adjacent to an activating group) is 1. The topological polar surface area (TPSA) is 91.3 Å². The Morgan fingerprint density at radius 3 is 1.23 bits per heavy atom. The highest BCUT2D eigenvalue weighted by molar-refractivity contribution is 7.47. The van der Waals surface area contributed by atoms with Crippen LogP contribution in [-0.4, -0.2) is 75.6 Å². The quantitative estimate of drug-likeness (QED) is 0.0213. The lowest BCUT2D eigenvalue weighted by molar-refractivity contribution is -0.870. The van der Waals surface area contributed by atoms with Gasteiger partial charge in [-0.15, -0.1) is 0 Å². The molecule has 71 heavy (non-hydrogen) atoms. The number of carbonyl (C=O) groups excluding carboxylic acids is 1. The fourth-order valence-electron chi connectivity index (χ4n) is 7.71. The van der Waals surface area contributed by atoms with Crippen molar-refractivity contribution in [2.75, 3.05) is 54.1 Å². The first-order valence-electron chi connectivity index (χ1n) is 29.0. The first-order valence-corrected chi connectivity index (χ1v) is 30.5. The zero-order valence-electron chi connectivity index (χ0n) is 46.7. The van der Waals surface area contributed by atoms with Gasteiger partial charge in [0.05, 0.1) is 34.4 Å².